The number of hydrogen-bond donors (Lipinski definition) is 1. The minimum atomic E-state index is -0.562. The van der Waals surface area contributed by atoms with E-state index in [0.717, 1.165) is 5.56 Å². The minimum Gasteiger partial charge on any atom is -0.493 e. The Balaban J connectivity index is 1.83. The molecule has 0 aliphatic heterocycles. The minimum absolute atomic E-state index is 0.0921. The van der Waals surface area contributed by atoms with Gasteiger partial charge in [0.2, 0.25) is 0 Å². The van der Waals surface area contributed by atoms with E-state index in [-0.39, 0.29) is 12.2 Å². The largest absolute Gasteiger partial charge is 0.493 e. The molecule has 0 aliphatic carbocycles. The smallest absolute Gasteiger partial charge is 0.266 e. The van der Waals surface area contributed by atoms with Crippen LogP contribution in [-0.4, -0.2) is 13.0 Å². The van der Waals surface area contributed by atoms with E-state index in [4.69, 9.17) is 44.3 Å². The summed E-state index contributed by atoms with van der Waals surface area (Å²) in [5, 5.41) is 13.6. The van der Waals surface area contributed by atoms with E-state index in [2.05, 4.69) is 21.2 Å². The average molecular weight is 567 g/mol. The Labute approximate surface area is 214 Å². The molecule has 0 aromatic heterocycles. The van der Waals surface area contributed by atoms with Crippen molar-refractivity contribution in [3.63, 3.8) is 0 Å². The maximum absolute atomic E-state index is 12.5. The Kier molecular flexibility index (Phi) is 8.65. The Morgan fingerprint density at radius 2 is 1.88 bits per heavy atom. The van der Waals surface area contributed by atoms with E-state index in [1.54, 1.807) is 54.6 Å². The first-order chi connectivity index (χ1) is 15.8. The molecule has 0 radical (unpaired) electrons. The van der Waals surface area contributed by atoms with E-state index in [9.17, 15) is 10.1 Å². The number of carbonyl (C=O) groups is 1. The summed E-state index contributed by atoms with van der Waals surface area (Å²) in [6.07, 6.45) is 1.45. The van der Waals surface area contributed by atoms with Crippen molar-refractivity contribution in [3.8, 4) is 17.6 Å². The zero-order valence-electron chi connectivity index (χ0n) is 17.2. The van der Waals surface area contributed by atoms with Crippen molar-refractivity contribution in [1.82, 2.24) is 0 Å². The van der Waals surface area contributed by atoms with Gasteiger partial charge in [0.1, 0.15) is 18.2 Å². The fourth-order valence-electron chi connectivity index (χ4n) is 2.83. The molecule has 0 spiro atoms. The van der Waals surface area contributed by atoms with Gasteiger partial charge in [-0.2, -0.15) is 5.26 Å². The maximum atomic E-state index is 12.5. The lowest BCUT2D eigenvalue weighted by Gasteiger charge is -2.14. The monoisotopic (exact) mass is 564 g/mol. The molecule has 33 heavy (non-hydrogen) atoms. The lowest BCUT2D eigenvalue weighted by molar-refractivity contribution is -0.112. The van der Waals surface area contributed by atoms with Gasteiger partial charge in [-0.15, -0.1) is 0 Å². The first-order valence-electron chi connectivity index (χ1n) is 9.43. The Morgan fingerprint density at radius 3 is 2.55 bits per heavy atom. The number of methoxy groups -OCH3 is 1. The Morgan fingerprint density at radius 1 is 1.12 bits per heavy atom. The molecule has 0 bridgehead atoms. The molecule has 168 valence electrons. The molecular formula is C24H16BrCl3N2O3. The summed E-state index contributed by atoms with van der Waals surface area (Å²) >= 11 is 21.6. The van der Waals surface area contributed by atoms with Gasteiger partial charge in [-0.25, -0.2) is 0 Å². The van der Waals surface area contributed by atoms with E-state index in [1.165, 1.54) is 13.2 Å². The maximum Gasteiger partial charge on any atom is 0.266 e. The summed E-state index contributed by atoms with van der Waals surface area (Å²) in [4.78, 5) is 12.5. The van der Waals surface area contributed by atoms with Crippen LogP contribution >= 0.6 is 50.7 Å². The average Bonchev–Trinajstić information content (AvgIpc) is 2.77. The fraction of sp³-hybridized carbons (Fsp3) is 0.0833. The normalized spacial score (nSPS) is 11.0. The molecule has 1 amide bonds. The standard InChI is InChI=1S/C24H16BrCl3N2O3/c1-32-22-9-14(7-16(12-29)24(31)30-19-4-2-3-17(26)10-19)8-20(25)23(22)33-13-15-5-6-18(27)11-21(15)28/h2-11H,13H2,1H3,(H,30,31)/b16-7-. The van der Waals surface area contributed by atoms with Crippen LogP contribution in [0.25, 0.3) is 6.08 Å². The van der Waals surface area contributed by atoms with Crippen LogP contribution in [0.4, 0.5) is 5.69 Å². The number of halogens is 4. The van der Waals surface area contributed by atoms with E-state index < -0.39 is 5.91 Å². The highest BCUT2D eigenvalue weighted by Crippen LogP contribution is 2.38. The third kappa shape index (κ3) is 6.66. The number of rotatable bonds is 7. The molecule has 3 aromatic carbocycles. The molecule has 5 nitrogen and oxygen atoms in total. The SMILES string of the molecule is COc1cc(/C=C(/C#N)C(=O)Nc2cccc(Cl)c2)cc(Br)c1OCc1ccc(Cl)cc1Cl. The van der Waals surface area contributed by atoms with Crippen LogP contribution in [0.3, 0.4) is 0 Å². The molecule has 1 N–H and O–H groups in total. The van der Waals surface area contributed by atoms with Gasteiger partial charge in [0.05, 0.1) is 11.6 Å². The van der Waals surface area contributed by atoms with Crippen LogP contribution in [-0.2, 0) is 11.4 Å². The summed E-state index contributed by atoms with van der Waals surface area (Å²) in [6.45, 7) is 0.186. The summed E-state index contributed by atoms with van der Waals surface area (Å²) in [7, 11) is 1.49. The van der Waals surface area contributed by atoms with Gasteiger partial charge in [-0.3, -0.25) is 4.79 Å². The van der Waals surface area contributed by atoms with Crippen LogP contribution in [0.15, 0.2) is 64.6 Å². The number of ether oxygens (including phenoxy) is 2. The van der Waals surface area contributed by atoms with Crippen LogP contribution < -0.4 is 14.8 Å². The van der Waals surface area contributed by atoms with E-state index in [1.807, 2.05) is 6.07 Å². The number of amides is 1. The predicted molar refractivity (Wildman–Crippen MR) is 135 cm³/mol. The number of anilines is 1. The number of nitrogens with one attached hydrogen (secondary N) is 1. The highest BCUT2D eigenvalue weighted by Gasteiger charge is 2.15. The second-order valence-electron chi connectivity index (χ2n) is 6.69. The van der Waals surface area contributed by atoms with Crippen molar-refractivity contribution in [1.29, 1.82) is 5.26 Å². The van der Waals surface area contributed by atoms with Gasteiger partial charge in [0, 0.05) is 26.3 Å². The number of benzene rings is 3. The first-order valence-corrected chi connectivity index (χ1v) is 11.4. The van der Waals surface area contributed by atoms with E-state index >= 15 is 0 Å². The Bertz CT molecular complexity index is 1270. The highest BCUT2D eigenvalue weighted by atomic mass is 79.9. The number of nitriles is 1. The Hall–Kier alpha value is -2.69. The topological polar surface area (TPSA) is 71.3 Å². The first kappa shape index (κ1) is 24.9. The third-order valence-corrected chi connectivity index (χ3v) is 5.81. The van der Waals surface area contributed by atoms with Gasteiger partial charge < -0.3 is 14.8 Å². The quantitative estimate of drug-likeness (QED) is 0.237. The molecule has 0 fully saturated rings. The lowest BCUT2D eigenvalue weighted by atomic mass is 10.1. The summed E-state index contributed by atoms with van der Waals surface area (Å²) in [6, 6.07) is 17.1. The van der Waals surface area contributed by atoms with Crippen LogP contribution in [0.1, 0.15) is 11.1 Å². The molecule has 0 atom stereocenters. The van der Waals surface area contributed by atoms with Crippen LogP contribution in [0.5, 0.6) is 11.5 Å². The van der Waals surface area contributed by atoms with Crippen molar-refractivity contribution in [2.24, 2.45) is 0 Å². The van der Waals surface area contributed by atoms with E-state index in [0.29, 0.717) is 42.3 Å². The predicted octanol–water partition coefficient (Wildman–Crippen LogP) is 7.54. The second kappa shape index (κ2) is 11.4. The van der Waals surface area contributed by atoms with Crippen molar-refractivity contribution in [2.45, 2.75) is 6.61 Å². The number of nitrogens with zero attached hydrogens (tertiary/aromatic N) is 1. The number of hydrogen-bond acceptors (Lipinski definition) is 4. The molecule has 3 rings (SSSR count). The van der Waals surface area contributed by atoms with Gasteiger partial charge in [-0.05, 0) is 70.0 Å². The van der Waals surface area contributed by atoms with Gasteiger partial charge in [-0.1, -0.05) is 46.9 Å². The summed E-state index contributed by atoms with van der Waals surface area (Å²) in [5.41, 5.74) is 1.71. The summed E-state index contributed by atoms with van der Waals surface area (Å²) in [5.74, 6) is 0.295. The molecule has 0 unspecified atom stereocenters. The number of carbonyl (C=O) groups excluding carboxylic acids is 1. The zero-order valence-corrected chi connectivity index (χ0v) is 21.0. The fourth-order valence-corrected chi connectivity index (χ4v) is 4.06. The van der Waals surface area contributed by atoms with Gasteiger partial charge in [0.25, 0.3) is 5.91 Å². The molecule has 3 aromatic rings. The molecule has 0 heterocycles. The highest BCUT2D eigenvalue weighted by molar-refractivity contribution is 9.10. The van der Waals surface area contributed by atoms with Crippen molar-refractivity contribution in [3.05, 3.63) is 90.8 Å². The molecule has 0 aliphatic rings. The second-order valence-corrected chi connectivity index (χ2v) is 8.83. The van der Waals surface area contributed by atoms with Crippen molar-refractivity contribution >= 4 is 68.4 Å². The molecular weight excluding hydrogens is 551 g/mol. The molecule has 9 heteroatoms. The molecule has 0 saturated heterocycles. The lowest BCUT2D eigenvalue weighted by Crippen LogP contribution is -2.13. The summed E-state index contributed by atoms with van der Waals surface area (Å²) < 4.78 is 11.9. The van der Waals surface area contributed by atoms with Gasteiger partial charge in [0.15, 0.2) is 11.5 Å². The van der Waals surface area contributed by atoms with Crippen LogP contribution in [0, 0.1) is 11.3 Å². The van der Waals surface area contributed by atoms with Crippen molar-refractivity contribution < 1.29 is 14.3 Å². The van der Waals surface area contributed by atoms with Crippen molar-refractivity contribution in [2.75, 3.05) is 12.4 Å². The van der Waals surface area contributed by atoms with Gasteiger partial charge >= 0.3 is 0 Å². The zero-order chi connectivity index (χ0) is 24.0. The van der Waals surface area contributed by atoms with Crippen LogP contribution in [0.2, 0.25) is 15.1 Å². The third-order valence-electron chi connectivity index (χ3n) is 4.40. The molecule has 0 saturated carbocycles.